The lowest BCUT2D eigenvalue weighted by molar-refractivity contribution is -0.131. The fraction of sp³-hybridized carbons (Fsp3) is 0.421. The topological polar surface area (TPSA) is 55.3 Å². The largest absolute Gasteiger partial charge is 0.478 e. The molecule has 0 aliphatic carbocycles. The SMILES string of the molecule is CCOc1nc(-c2ccccc2)nc2c1CCN(C(=O)CCF)CC2. The molecule has 1 aromatic heterocycles. The summed E-state index contributed by atoms with van der Waals surface area (Å²) in [6.45, 7) is 2.90. The molecule has 0 bridgehead atoms. The second-order valence-corrected chi connectivity index (χ2v) is 5.90. The van der Waals surface area contributed by atoms with Gasteiger partial charge in [0.2, 0.25) is 11.8 Å². The van der Waals surface area contributed by atoms with E-state index in [0.717, 1.165) is 16.8 Å². The molecular formula is C19H22FN3O2. The predicted octanol–water partition coefficient (Wildman–Crippen LogP) is 2.83. The van der Waals surface area contributed by atoms with Crippen LogP contribution in [0.4, 0.5) is 4.39 Å². The average Bonchev–Trinajstić information content (AvgIpc) is 2.86. The van der Waals surface area contributed by atoms with E-state index >= 15 is 0 Å². The Morgan fingerprint density at radius 3 is 2.68 bits per heavy atom. The van der Waals surface area contributed by atoms with Crippen molar-refractivity contribution in [1.29, 1.82) is 0 Å². The van der Waals surface area contributed by atoms with Gasteiger partial charge in [0.25, 0.3) is 0 Å². The monoisotopic (exact) mass is 343 g/mol. The fourth-order valence-electron chi connectivity index (χ4n) is 3.03. The number of benzene rings is 1. The van der Waals surface area contributed by atoms with Gasteiger partial charge in [-0.2, -0.15) is 4.98 Å². The Bertz CT molecular complexity index is 737. The first-order chi connectivity index (χ1) is 12.2. The van der Waals surface area contributed by atoms with Gasteiger partial charge in [0.05, 0.1) is 25.4 Å². The van der Waals surface area contributed by atoms with Crippen LogP contribution in [-0.2, 0) is 17.6 Å². The molecule has 0 radical (unpaired) electrons. The van der Waals surface area contributed by atoms with Crippen LogP contribution in [0, 0.1) is 0 Å². The number of ether oxygens (including phenoxy) is 1. The highest BCUT2D eigenvalue weighted by Gasteiger charge is 2.23. The van der Waals surface area contributed by atoms with E-state index in [4.69, 9.17) is 9.72 Å². The molecule has 132 valence electrons. The lowest BCUT2D eigenvalue weighted by Crippen LogP contribution is -2.33. The van der Waals surface area contributed by atoms with Crippen molar-refractivity contribution >= 4 is 5.91 Å². The van der Waals surface area contributed by atoms with E-state index in [1.807, 2.05) is 37.3 Å². The van der Waals surface area contributed by atoms with Crippen LogP contribution in [0.2, 0.25) is 0 Å². The normalized spacial score (nSPS) is 13.9. The van der Waals surface area contributed by atoms with Gasteiger partial charge in [-0.05, 0) is 13.3 Å². The van der Waals surface area contributed by atoms with Crippen molar-refractivity contribution < 1.29 is 13.9 Å². The van der Waals surface area contributed by atoms with Gasteiger partial charge in [-0.15, -0.1) is 0 Å². The highest BCUT2D eigenvalue weighted by Crippen LogP contribution is 2.27. The van der Waals surface area contributed by atoms with E-state index in [1.165, 1.54) is 0 Å². The van der Waals surface area contributed by atoms with Crippen LogP contribution in [0.25, 0.3) is 11.4 Å². The standard InChI is InChI=1S/C19H22FN3O2/c1-2-25-19-15-9-12-23(17(24)8-11-20)13-10-16(15)21-18(22-19)14-6-4-3-5-7-14/h3-7H,2,8-13H2,1H3. The number of halogens is 1. The molecule has 1 amide bonds. The number of rotatable bonds is 5. The van der Waals surface area contributed by atoms with Crippen LogP contribution < -0.4 is 4.74 Å². The molecule has 2 aromatic rings. The Morgan fingerprint density at radius 2 is 1.96 bits per heavy atom. The van der Waals surface area contributed by atoms with Crippen LogP contribution >= 0.6 is 0 Å². The van der Waals surface area contributed by atoms with Crippen LogP contribution in [0.3, 0.4) is 0 Å². The third-order valence-electron chi connectivity index (χ3n) is 4.28. The number of hydrogen-bond donors (Lipinski definition) is 0. The minimum absolute atomic E-state index is 0.0599. The lowest BCUT2D eigenvalue weighted by Gasteiger charge is -2.19. The van der Waals surface area contributed by atoms with Gasteiger partial charge in [0.1, 0.15) is 0 Å². The van der Waals surface area contributed by atoms with Crippen molar-refractivity contribution in [2.45, 2.75) is 26.2 Å². The Kier molecular flexibility index (Phi) is 5.58. The zero-order valence-corrected chi connectivity index (χ0v) is 14.4. The van der Waals surface area contributed by atoms with Gasteiger partial charge in [-0.3, -0.25) is 9.18 Å². The molecule has 5 nitrogen and oxygen atoms in total. The third-order valence-corrected chi connectivity index (χ3v) is 4.28. The number of hydrogen-bond acceptors (Lipinski definition) is 4. The zero-order valence-electron chi connectivity index (χ0n) is 14.4. The molecule has 1 aliphatic heterocycles. The Labute approximate surface area is 146 Å². The van der Waals surface area contributed by atoms with Crippen molar-refractivity contribution in [3.8, 4) is 17.3 Å². The van der Waals surface area contributed by atoms with Gasteiger partial charge in [0, 0.05) is 30.6 Å². The fourth-order valence-corrected chi connectivity index (χ4v) is 3.03. The maximum atomic E-state index is 12.5. The van der Waals surface area contributed by atoms with Crippen LogP contribution in [-0.4, -0.2) is 47.1 Å². The second kappa shape index (κ2) is 8.05. The maximum Gasteiger partial charge on any atom is 0.225 e. The number of fused-ring (bicyclic) bond motifs is 1. The summed E-state index contributed by atoms with van der Waals surface area (Å²) in [7, 11) is 0. The van der Waals surface area contributed by atoms with Gasteiger partial charge in [-0.25, -0.2) is 4.98 Å². The summed E-state index contributed by atoms with van der Waals surface area (Å²) < 4.78 is 18.2. The summed E-state index contributed by atoms with van der Waals surface area (Å²) in [5, 5.41) is 0. The molecule has 0 atom stereocenters. The number of aromatic nitrogens is 2. The molecular weight excluding hydrogens is 321 g/mol. The van der Waals surface area contributed by atoms with Crippen molar-refractivity contribution in [2.75, 3.05) is 26.4 Å². The molecule has 3 rings (SSSR count). The molecule has 0 spiro atoms. The summed E-state index contributed by atoms with van der Waals surface area (Å²) in [6.07, 6.45) is 1.18. The molecule has 25 heavy (non-hydrogen) atoms. The highest BCUT2D eigenvalue weighted by atomic mass is 19.1. The lowest BCUT2D eigenvalue weighted by atomic mass is 10.1. The highest BCUT2D eigenvalue weighted by molar-refractivity contribution is 5.76. The number of carbonyl (C=O) groups is 1. The minimum atomic E-state index is -0.621. The first-order valence-electron chi connectivity index (χ1n) is 8.64. The average molecular weight is 343 g/mol. The van der Waals surface area contributed by atoms with Crippen LogP contribution in [0.1, 0.15) is 24.6 Å². The summed E-state index contributed by atoms with van der Waals surface area (Å²) in [4.78, 5) is 23.0. The molecule has 6 heteroatoms. The molecule has 0 unspecified atom stereocenters. The molecule has 0 N–H and O–H groups in total. The van der Waals surface area contributed by atoms with Gasteiger partial charge >= 0.3 is 0 Å². The molecule has 2 heterocycles. The van der Waals surface area contributed by atoms with Crippen LogP contribution in [0.15, 0.2) is 30.3 Å². The quantitative estimate of drug-likeness (QED) is 0.838. The molecule has 0 fully saturated rings. The van der Waals surface area contributed by atoms with E-state index in [0.29, 0.717) is 44.2 Å². The maximum absolute atomic E-state index is 12.5. The van der Waals surface area contributed by atoms with E-state index in [9.17, 15) is 9.18 Å². The smallest absolute Gasteiger partial charge is 0.225 e. The number of nitrogens with zero attached hydrogens (tertiary/aromatic N) is 3. The van der Waals surface area contributed by atoms with Crippen molar-refractivity contribution in [1.82, 2.24) is 14.9 Å². The minimum Gasteiger partial charge on any atom is -0.478 e. The first-order valence-corrected chi connectivity index (χ1v) is 8.64. The number of carbonyl (C=O) groups excluding carboxylic acids is 1. The van der Waals surface area contributed by atoms with Gasteiger partial charge in [0.15, 0.2) is 5.82 Å². The molecule has 1 aliphatic rings. The second-order valence-electron chi connectivity index (χ2n) is 5.90. The predicted molar refractivity (Wildman–Crippen MR) is 93.2 cm³/mol. The van der Waals surface area contributed by atoms with Gasteiger partial charge in [-0.1, -0.05) is 30.3 Å². The van der Waals surface area contributed by atoms with Crippen molar-refractivity contribution in [3.63, 3.8) is 0 Å². The summed E-state index contributed by atoms with van der Waals surface area (Å²) >= 11 is 0. The Balaban J connectivity index is 1.93. The third kappa shape index (κ3) is 3.95. The van der Waals surface area contributed by atoms with E-state index < -0.39 is 6.67 Å². The summed E-state index contributed by atoms with van der Waals surface area (Å²) in [5.74, 6) is 1.07. The van der Waals surface area contributed by atoms with Crippen LogP contribution in [0.5, 0.6) is 5.88 Å². The Morgan fingerprint density at radius 1 is 1.20 bits per heavy atom. The van der Waals surface area contributed by atoms with Crippen molar-refractivity contribution in [2.24, 2.45) is 0 Å². The molecule has 0 saturated carbocycles. The zero-order chi connectivity index (χ0) is 17.6. The van der Waals surface area contributed by atoms with E-state index in [-0.39, 0.29) is 12.3 Å². The Hall–Kier alpha value is -2.50. The first kappa shape index (κ1) is 17.3. The van der Waals surface area contributed by atoms with E-state index in [1.54, 1.807) is 4.90 Å². The summed E-state index contributed by atoms with van der Waals surface area (Å²) in [6, 6.07) is 9.77. The summed E-state index contributed by atoms with van der Waals surface area (Å²) in [5.41, 5.74) is 2.80. The number of amides is 1. The molecule has 1 aromatic carbocycles. The van der Waals surface area contributed by atoms with Gasteiger partial charge < -0.3 is 9.64 Å². The van der Waals surface area contributed by atoms with Crippen molar-refractivity contribution in [3.05, 3.63) is 41.6 Å². The number of alkyl halides is 1. The van der Waals surface area contributed by atoms with E-state index in [2.05, 4.69) is 4.98 Å². The molecule has 0 saturated heterocycles.